The third-order valence-corrected chi connectivity index (χ3v) is 9.34. The molecule has 0 unspecified atom stereocenters. The lowest BCUT2D eigenvalue weighted by molar-refractivity contribution is 0.669. The van der Waals surface area contributed by atoms with Crippen LogP contribution in [-0.4, -0.2) is 15.0 Å². The van der Waals surface area contributed by atoms with Crippen molar-refractivity contribution >= 4 is 53.4 Å². The minimum atomic E-state index is -0.785. The highest BCUT2D eigenvalue weighted by atomic mass is 32.1. The first kappa shape index (κ1) is 17.3. The van der Waals surface area contributed by atoms with Crippen LogP contribution in [0.5, 0.6) is 0 Å². The maximum absolute atomic E-state index is 9.65. The zero-order chi connectivity index (χ0) is 46.1. The van der Waals surface area contributed by atoms with E-state index in [0.29, 0.717) is 22.3 Å². The van der Waals surface area contributed by atoms with Gasteiger partial charge in [0.25, 0.3) is 0 Å². The van der Waals surface area contributed by atoms with Gasteiger partial charge in [0.1, 0.15) is 11.2 Å². The monoisotopic (exact) mass is 672 g/mol. The molecule has 3 heterocycles. The molecule has 0 N–H and O–H groups in total. The number of hydrogen-bond acceptors (Lipinski definition) is 5. The van der Waals surface area contributed by atoms with Gasteiger partial charge in [-0.15, -0.1) is 11.3 Å². The van der Waals surface area contributed by atoms with E-state index < -0.39 is 101 Å². The summed E-state index contributed by atoms with van der Waals surface area (Å²) in [5, 5.41) is 1.33. The summed E-state index contributed by atoms with van der Waals surface area (Å²) in [6.07, 6.45) is 0. The normalized spacial score (nSPS) is 15.8. The van der Waals surface area contributed by atoms with E-state index in [9.17, 15) is 4.11 Å². The van der Waals surface area contributed by atoms with Crippen molar-refractivity contribution in [3.05, 3.63) is 163 Å². The van der Waals surface area contributed by atoms with Crippen molar-refractivity contribution in [2.24, 2.45) is 0 Å². The number of fused-ring (bicyclic) bond motifs is 6. The molecule has 50 heavy (non-hydrogen) atoms. The van der Waals surface area contributed by atoms with Gasteiger partial charge in [-0.1, -0.05) is 145 Å². The first-order valence-electron chi connectivity index (χ1n) is 22.9. The van der Waals surface area contributed by atoms with Gasteiger partial charge in [-0.3, -0.25) is 0 Å². The van der Waals surface area contributed by atoms with Gasteiger partial charge in [-0.25, -0.2) is 15.0 Å². The number of furan rings is 1. The average Bonchev–Trinajstić information content (AvgIpc) is 3.90. The molecule has 234 valence electrons. The van der Waals surface area contributed by atoms with Crippen molar-refractivity contribution in [2.75, 3.05) is 0 Å². The maximum Gasteiger partial charge on any atom is 0.164 e. The molecule has 0 aliphatic carbocycles. The van der Waals surface area contributed by atoms with Crippen molar-refractivity contribution in [1.29, 1.82) is 0 Å². The molecule has 0 radical (unpaired) electrons. The zero-order valence-electron chi connectivity index (χ0n) is 40.6. The first-order chi connectivity index (χ1) is 31.0. The molecule has 0 aliphatic heterocycles. The molecule has 0 spiro atoms. The van der Waals surface area contributed by atoms with Crippen molar-refractivity contribution in [3.63, 3.8) is 0 Å². The number of para-hydroxylation sites is 1. The summed E-state index contributed by atoms with van der Waals surface area (Å²) in [7, 11) is 0. The van der Waals surface area contributed by atoms with Crippen LogP contribution >= 0.6 is 11.3 Å². The Morgan fingerprint density at radius 2 is 1.16 bits per heavy atom. The van der Waals surface area contributed by atoms with Crippen LogP contribution in [0, 0.1) is 0 Å². The molecule has 0 fully saturated rings. The van der Waals surface area contributed by atoms with Crippen LogP contribution in [0.1, 0.15) is 20.6 Å². The second-order valence-electron chi connectivity index (χ2n) is 11.2. The summed E-state index contributed by atoms with van der Waals surface area (Å²) < 4.78 is 139. The molecule has 7 aromatic carbocycles. The molecule has 10 rings (SSSR count). The van der Waals surface area contributed by atoms with Crippen molar-refractivity contribution in [3.8, 4) is 56.4 Å². The van der Waals surface area contributed by atoms with Gasteiger partial charge in [0.05, 0.1) is 20.6 Å². The summed E-state index contributed by atoms with van der Waals surface area (Å²) in [6, 6.07) is 12.0. The Hall–Kier alpha value is -6.43. The van der Waals surface area contributed by atoms with Gasteiger partial charge in [0.2, 0.25) is 0 Å². The highest BCUT2D eigenvalue weighted by Crippen LogP contribution is 2.42. The molecular weight excluding hydrogens is 631 g/mol. The minimum Gasteiger partial charge on any atom is -0.456 e. The van der Waals surface area contributed by atoms with Gasteiger partial charge in [0, 0.05) is 47.6 Å². The molecule has 0 aliphatic rings. The fraction of sp³-hybridized carbons (Fsp3) is 0. The molecule has 5 heteroatoms. The molecular formula is C45H27N3OS. The number of benzene rings is 7. The number of nitrogens with zero attached hydrogens (tertiary/aromatic N) is 3. The predicted octanol–water partition coefficient (Wildman–Crippen LogP) is 12.5. The fourth-order valence-electron chi connectivity index (χ4n) is 5.93. The third-order valence-electron chi connectivity index (χ3n) is 8.22. The molecule has 4 nitrogen and oxygen atoms in total. The van der Waals surface area contributed by atoms with Crippen molar-refractivity contribution < 1.29 is 25.0 Å². The highest BCUT2D eigenvalue weighted by molar-refractivity contribution is 7.26. The second-order valence-corrected chi connectivity index (χ2v) is 12.2. The summed E-state index contributed by atoms with van der Waals surface area (Å²) in [4.78, 5) is 14.5. The van der Waals surface area contributed by atoms with E-state index in [0.717, 1.165) is 22.1 Å². The predicted molar refractivity (Wildman–Crippen MR) is 207 cm³/mol. The Morgan fingerprint density at radius 3 is 2.02 bits per heavy atom. The maximum atomic E-state index is 9.65. The van der Waals surface area contributed by atoms with Crippen molar-refractivity contribution in [2.45, 2.75) is 0 Å². The fourth-order valence-corrected chi connectivity index (χ4v) is 7.05. The SMILES string of the molecule is [2H]c1c([2H])c([2H])c(-c2c([2H])c([2H])c(-c3c([2H])c([2H])c([2H])c4c3sc3c([2H])c(-c5nc(-c6ccccc6)nc(-c6cccc7oc8ccccc8c67)n5)c([2H])c([2H])c34)c([2H])c2[2H])c([2H])c1[2H]. The van der Waals surface area contributed by atoms with Gasteiger partial charge < -0.3 is 4.42 Å². The summed E-state index contributed by atoms with van der Waals surface area (Å²) in [6.45, 7) is 0. The van der Waals surface area contributed by atoms with Gasteiger partial charge in [-0.05, 0) is 40.4 Å². The van der Waals surface area contributed by atoms with Gasteiger partial charge in [-0.2, -0.15) is 0 Å². The summed E-state index contributed by atoms with van der Waals surface area (Å²) in [5.74, 6) is 0.288. The Balaban J connectivity index is 1.25. The van der Waals surface area contributed by atoms with Crippen LogP contribution in [0.15, 0.2) is 168 Å². The lowest BCUT2D eigenvalue weighted by Crippen LogP contribution is -2.00. The Labute approximate surface area is 313 Å². The molecule has 10 aromatic rings. The Bertz CT molecular complexity index is 3680. The van der Waals surface area contributed by atoms with Gasteiger partial charge >= 0.3 is 0 Å². The lowest BCUT2D eigenvalue weighted by Gasteiger charge is -2.09. The van der Waals surface area contributed by atoms with Crippen LogP contribution in [-0.2, 0) is 0 Å². The topological polar surface area (TPSA) is 51.8 Å². The molecule has 0 amide bonds. The molecule has 0 atom stereocenters. The summed E-state index contributed by atoms with van der Waals surface area (Å²) >= 11 is 0.807. The van der Waals surface area contributed by atoms with E-state index in [1.807, 2.05) is 42.5 Å². The second kappa shape index (κ2) is 11.6. The van der Waals surface area contributed by atoms with E-state index in [4.69, 9.17) is 35.8 Å². The Kier molecular flexibility index (Phi) is 4.02. The van der Waals surface area contributed by atoms with E-state index >= 15 is 0 Å². The van der Waals surface area contributed by atoms with Crippen LogP contribution in [0.3, 0.4) is 0 Å². The van der Waals surface area contributed by atoms with Crippen molar-refractivity contribution in [1.82, 2.24) is 15.0 Å². The number of hydrogen-bond donors (Lipinski definition) is 0. The molecule has 0 bridgehead atoms. The zero-order valence-corrected chi connectivity index (χ0v) is 26.4. The van der Waals surface area contributed by atoms with E-state index in [1.54, 1.807) is 30.3 Å². The number of rotatable bonds is 5. The summed E-state index contributed by atoms with van der Waals surface area (Å²) in [5.41, 5.74) is 0.312. The van der Waals surface area contributed by atoms with Crippen LogP contribution in [0.4, 0.5) is 0 Å². The molecule has 0 saturated heterocycles. The largest absolute Gasteiger partial charge is 0.456 e. The highest BCUT2D eigenvalue weighted by Gasteiger charge is 2.18. The van der Waals surface area contributed by atoms with E-state index in [-0.39, 0.29) is 54.8 Å². The minimum absolute atomic E-state index is 0.0271. The van der Waals surface area contributed by atoms with Crippen LogP contribution in [0.25, 0.3) is 98.5 Å². The van der Waals surface area contributed by atoms with Crippen LogP contribution in [0.2, 0.25) is 0 Å². The van der Waals surface area contributed by atoms with Crippen LogP contribution < -0.4 is 0 Å². The standard InChI is InChI=1S/C45H27N3OS/c1-3-11-28(12-4-1)29-21-23-30(24-22-29)33-16-9-17-35-34-26-25-32(27-40(34)50-42(33)35)44-46-43(31-13-5-2-6-14-31)47-45(48-44)37-18-10-20-39-41(37)36-15-7-8-19-38(36)49-39/h1-27H/i1D,3D,4D,9D,11D,12D,16D,17D,21D,22D,23D,24D,25D,26D,27D. The smallest absolute Gasteiger partial charge is 0.164 e. The third kappa shape index (κ3) is 4.79. The first-order valence-corrected chi connectivity index (χ1v) is 16.2. The number of thiophene rings is 1. The number of aromatic nitrogens is 3. The molecule has 3 aromatic heterocycles. The average molecular weight is 673 g/mol. The lowest BCUT2D eigenvalue weighted by atomic mass is 9.99. The van der Waals surface area contributed by atoms with E-state index in [1.165, 1.54) is 0 Å². The van der Waals surface area contributed by atoms with Gasteiger partial charge in [0.15, 0.2) is 17.5 Å². The Morgan fingerprint density at radius 1 is 0.460 bits per heavy atom. The van der Waals surface area contributed by atoms with E-state index in [2.05, 4.69) is 0 Å². The quantitative estimate of drug-likeness (QED) is 0.183. The molecule has 0 saturated carbocycles.